The Morgan fingerprint density at radius 2 is 2.21 bits per heavy atom. The van der Waals surface area contributed by atoms with Gasteiger partial charge in [-0.25, -0.2) is 0 Å². The SMILES string of the molecule is CC(C)c1nccc2c1c(SC(/C=C\CCl)=C/CCl)c1n2CCC1CC(=O)O. The number of aliphatic carboxylic acids is 1. The molecule has 150 valence electrons. The van der Waals surface area contributed by atoms with Crippen molar-refractivity contribution in [2.75, 3.05) is 11.8 Å². The van der Waals surface area contributed by atoms with Crippen LogP contribution in [0.15, 0.2) is 40.3 Å². The molecule has 4 nitrogen and oxygen atoms in total. The Kier molecular flexibility index (Phi) is 7.13. The van der Waals surface area contributed by atoms with E-state index in [-0.39, 0.29) is 18.3 Å². The number of thioether (sulfide) groups is 1. The van der Waals surface area contributed by atoms with Gasteiger partial charge < -0.3 is 9.67 Å². The highest BCUT2D eigenvalue weighted by atomic mass is 35.5. The molecule has 0 amide bonds. The Bertz CT molecular complexity index is 934. The van der Waals surface area contributed by atoms with E-state index in [4.69, 9.17) is 23.2 Å². The summed E-state index contributed by atoms with van der Waals surface area (Å²) in [6.07, 6.45) is 8.66. The van der Waals surface area contributed by atoms with Crippen molar-refractivity contribution in [3.63, 3.8) is 0 Å². The number of nitrogens with zero attached hydrogens (tertiary/aromatic N) is 2. The first-order valence-electron chi connectivity index (χ1n) is 9.37. The first-order valence-corrected chi connectivity index (χ1v) is 11.3. The van der Waals surface area contributed by atoms with Crippen LogP contribution < -0.4 is 0 Å². The van der Waals surface area contributed by atoms with Crippen molar-refractivity contribution >= 4 is 51.8 Å². The molecule has 0 saturated carbocycles. The number of halogens is 2. The molecule has 2 aromatic heterocycles. The van der Waals surface area contributed by atoms with E-state index in [2.05, 4.69) is 23.4 Å². The number of carbonyl (C=O) groups is 1. The largest absolute Gasteiger partial charge is 0.481 e. The fourth-order valence-corrected chi connectivity index (χ4v) is 5.43. The molecule has 1 aliphatic rings. The Labute approximate surface area is 179 Å². The third-order valence-electron chi connectivity index (χ3n) is 4.92. The van der Waals surface area contributed by atoms with Gasteiger partial charge in [0.1, 0.15) is 0 Å². The molecular formula is C21H24Cl2N2O2S. The van der Waals surface area contributed by atoms with Gasteiger partial charge in [-0.1, -0.05) is 43.8 Å². The molecule has 3 heterocycles. The van der Waals surface area contributed by atoms with Crippen molar-refractivity contribution < 1.29 is 9.90 Å². The predicted molar refractivity (Wildman–Crippen MR) is 118 cm³/mol. The van der Waals surface area contributed by atoms with Crippen LogP contribution in [-0.2, 0) is 11.3 Å². The predicted octanol–water partition coefficient (Wildman–Crippen LogP) is 6.13. The van der Waals surface area contributed by atoms with E-state index < -0.39 is 5.97 Å². The van der Waals surface area contributed by atoms with Gasteiger partial charge >= 0.3 is 5.97 Å². The van der Waals surface area contributed by atoms with E-state index >= 15 is 0 Å². The molecule has 0 fully saturated rings. The van der Waals surface area contributed by atoms with Gasteiger partial charge in [-0.05, 0) is 18.4 Å². The van der Waals surface area contributed by atoms with Gasteiger partial charge in [-0.15, -0.1) is 23.2 Å². The maximum atomic E-state index is 11.4. The second-order valence-corrected chi connectivity index (χ2v) is 8.82. The normalized spacial score (nSPS) is 17.2. The zero-order chi connectivity index (χ0) is 20.3. The molecule has 1 unspecified atom stereocenters. The van der Waals surface area contributed by atoms with Crippen LogP contribution in [0, 0.1) is 0 Å². The van der Waals surface area contributed by atoms with Gasteiger partial charge in [-0.3, -0.25) is 9.78 Å². The zero-order valence-electron chi connectivity index (χ0n) is 16.0. The Hall–Kier alpha value is -1.43. The minimum absolute atomic E-state index is 0.00155. The number of carboxylic acids is 1. The lowest BCUT2D eigenvalue weighted by atomic mass is 9.99. The van der Waals surface area contributed by atoms with Crippen LogP contribution in [0.25, 0.3) is 10.9 Å². The number of alkyl halides is 2. The molecule has 0 saturated heterocycles. The van der Waals surface area contributed by atoms with E-state index in [1.807, 2.05) is 30.5 Å². The molecule has 0 radical (unpaired) electrons. The molecule has 1 atom stereocenters. The fourth-order valence-electron chi connectivity index (χ4n) is 3.82. The number of hydrogen-bond acceptors (Lipinski definition) is 3. The average Bonchev–Trinajstić information content (AvgIpc) is 3.19. The fraction of sp³-hybridized carbons (Fsp3) is 0.429. The highest BCUT2D eigenvalue weighted by Gasteiger charge is 2.32. The lowest BCUT2D eigenvalue weighted by Gasteiger charge is -2.13. The van der Waals surface area contributed by atoms with Crippen LogP contribution in [0.2, 0.25) is 0 Å². The van der Waals surface area contributed by atoms with Crippen LogP contribution in [0.3, 0.4) is 0 Å². The number of aryl methyl sites for hydroxylation is 1. The van der Waals surface area contributed by atoms with Gasteiger partial charge in [0, 0.05) is 51.3 Å². The van der Waals surface area contributed by atoms with Crippen molar-refractivity contribution in [2.45, 2.75) is 50.0 Å². The lowest BCUT2D eigenvalue weighted by molar-refractivity contribution is -0.137. The summed E-state index contributed by atoms with van der Waals surface area (Å²) in [5.74, 6) is 0.330. The maximum Gasteiger partial charge on any atom is 0.304 e. The van der Waals surface area contributed by atoms with Crippen molar-refractivity contribution in [1.29, 1.82) is 0 Å². The number of fused-ring (bicyclic) bond motifs is 3. The lowest BCUT2D eigenvalue weighted by Crippen LogP contribution is -2.04. The summed E-state index contributed by atoms with van der Waals surface area (Å²) in [5, 5.41) is 10.5. The van der Waals surface area contributed by atoms with Crippen LogP contribution in [0.4, 0.5) is 0 Å². The highest BCUT2D eigenvalue weighted by molar-refractivity contribution is 8.03. The molecule has 0 aromatic carbocycles. The molecule has 0 bridgehead atoms. The van der Waals surface area contributed by atoms with Gasteiger partial charge in [0.25, 0.3) is 0 Å². The molecule has 0 spiro atoms. The van der Waals surface area contributed by atoms with Crippen LogP contribution >= 0.6 is 35.0 Å². The first kappa shape index (κ1) is 21.3. The second-order valence-electron chi connectivity index (χ2n) is 7.11. The molecular weight excluding hydrogens is 415 g/mol. The molecule has 28 heavy (non-hydrogen) atoms. The van der Waals surface area contributed by atoms with Crippen LogP contribution in [0.1, 0.15) is 49.9 Å². The molecule has 0 aliphatic carbocycles. The van der Waals surface area contributed by atoms with Crippen molar-refractivity contribution in [2.24, 2.45) is 0 Å². The van der Waals surface area contributed by atoms with Gasteiger partial charge in [0.2, 0.25) is 0 Å². The summed E-state index contributed by atoms with van der Waals surface area (Å²) in [4.78, 5) is 18.2. The maximum absolute atomic E-state index is 11.4. The standard InChI is InChI=1S/C21H24Cl2N2O2S/c1-13(2)19-18-16(6-10-24-19)25-11-7-14(12-17(26)27)20(25)21(18)28-15(5-9-23)4-3-8-22/h3-6,10,13-14H,7-9,11-12H2,1-2H3,(H,26,27)/b4-3-,15-5+. The highest BCUT2D eigenvalue weighted by Crippen LogP contribution is 2.48. The van der Waals surface area contributed by atoms with Crippen molar-refractivity contribution in [3.05, 3.63) is 46.8 Å². The van der Waals surface area contributed by atoms with Crippen molar-refractivity contribution in [1.82, 2.24) is 9.55 Å². The summed E-state index contributed by atoms with van der Waals surface area (Å²) in [6, 6.07) is 2.04. The van der Waals surface area contributed by atoms with Crippen LogP contribution in [0.5, 0.6) is 0 Å². The van der Waals surface area contributed by atoms with Crippen LogP contribution in [-0.4, -0.2) is 32.4 Å². The summed E-state index contributed by atoms with van der Waals surface area (Å²) in [5.41, 5.74) is 3.29. The average molecular weight is 439 g/mol. The number of pyridine rings is 1. The third kappa shape index (κ3) is 4.27. The summed E-state index contributed by atoms with van der Waals surface area (Å²) in [7, 11) is 0. The number of aromatic nitrogens is 2. The van der Waals surface area contributed by atoms with Crippen molar-refractivity contribution in [3.8, 4) is 0 Å². The number of carboxylic acid groups (broad SMARTS) is 1. The summed E-state index contributed by atoms with van der Waals surface area (Å²) >= 11 is 13.4. The second kappa shape index (κ2) is 9.38. The molecule has 7 heteroatoms. The Morgan fingerprint density at radius 3 is 2.86 bits per heavy atom. The van der Waals surface area contributed by atoms with E-state index in [0.29, 0.717) is 11.8 Å². The summed E-state index contributed by atoms with van der Waals surface area (Å²) in [6.45, 7) is 5.10. The first-order chi connectivity index (χ1) is 13.5. The minimum atomic E-state index is -0.763. The quantitative estimate of drug-likeness (QED) is 0.305. The monoisotopic (exact) mass is 438 g/mol. The molecule has 2 aromatic rings. The van der Waals surface area contributed by atoms with E-state index in [9.17, 15) is 9.90 Å². The zero-order valence-corrected chi connectivity index (χ0v) is 18.3. The topological polar surface area (TPSA) is 55.1 Å². The number of hydrogen-bond donors (Lipinski definition) is 1. The van der Waals surface area contributed by atoms with E-state index in [0.717, 1.165) is 45.1 Å². The third-order valence-corrected chi connectivity index (χ3v) is 6.41. The molecule has 1 aliphatic heterocycles. The molecule has 3 rings (SSSR count). The smallest absolute Gasteiger partial charge is 0.304 e. The molecule has 1 N–H and O–H groups in total. The Balaban J connectivity index is 2.22. The minimum Gasteiger partial charge on any atom is -0.481 e. The summed E-state index contributed by atoms with van der Waals surface area (Å²) < 4.78 is 2.28. The van der Waals surface area contributed by atoms with Gasteiger partial charge in [-0.2, -0.15) is 0 Å². The van der Waals surface area contributed by atoms with Gasteiger partial charge in [0.05, 0.1) is 17.6 Å². The number of rotatable bonds is 8. The number of allylic oxidation sites excluding steroid dienone is 3. The van der Waals surface area contributed by atoms with E-state index in [1.165, 1.54) is 0 Å². The van der Waals surface area contributed by atoms with E-state index in [1.54, 1.807) is 11.8 Å². The van der Waals surface area contributed by atoms with Gasteiger partial charge in [0.15, 0.2) is 0 Å². The Morgan fingerprint density at radius 1 is 1.43 bits per heavy atom.